The number of benzene rings is 2. The maximum atomic E-state index is 14.2. The smallest absolute Gasteiger partial charge is 0.329 e. The van der Waals surface area contributed by atoms with Crippen LogP contribution in [-0.2, 0) is 65.5 Å². The van der Waals surface area contributed by atoms with Gasteiger partial charge in [0.1, 0.15) is 60.5 Å². The summed E-state index contributed by atoms with van der Waals surface area (Å²) in [6.07, 6.45) is 0.0248. The maximum Gasteiger partial charge on any atom is 0.329 e. The van der Waals surface area contributed by atoms with Gasteiger partial charge in [0.05, 0.1) is 24.9 Å². The fraction of sp³-hybridized carbons (Fsp3) is 0.586. The van der Waals surface area contributed by atoms with Crippen molar-refractivity contribution in [3.05, 3.63) is 71.9 Å². The summed E-state index contributed by atoms with van der Waals surface area (Å²) in [5, 5.41) is 52.8. The molecule has 3 rings (SSSR count). The molecule has 0 unspecified atom stereocenters. The molecule has 1 aromatic heterocycles. The predicted molar refractivity (Wildman–Crippen MR) is 320 cm³/mol. The summed E-state index contributed by atoms with van der Waals surface area (Å²) in [7, 11) is 0. The lowest BCUT2D eigenvalue weighted by atomic mass is 9.96. The number of carbonyl (C=O) groups is 10. The first-order chi connectivity index (χ1) is 40.1. The lowest BCUT2D eigenvalue weighted by Crippen LogP contribution is -2.63. The van der Waals surface area contributed by atoms with Crippen LogP contribution in [0.5, 0.6) is 0 Å². The number of amides is 9. The Balaban J connectivity index is 1.74. The van der Waals surface area contributed by atoms with Gasteiger partial charge in [-0.15, -0.1) is 0 Å². The number of ether oxygens (including phenoxy) is 1. The number of thioether (sulfide) groups is 1. The second-order valence-electron chi connectivity index (χ2n) is 22.0. The van der Waals surface area contributed by atoms with Crippen LogP contribution in [0.25, 0.3) is 10.9 Å². The van der Waals surface area contributed by atoms with Crippen molar-refractivity contribution >= 4 is 81.8 Å². The van der Waals surface area contributed by atoms with Gasteiger partial charge in [0.15, 0.2) is 0 Å². The molecule has 0 aliphatic carbocycles. The molecule has 0 radical (unpaired) electrons. The number of hydrogen-bond acceptors (Lipinski definition) is 17. The van der Waals surface area contributed by atoms with Gasteiger partial charge in [-0.1, -0.05) is 103 Å². The normalized spacial score (nSPS) is 16.8. The number of esters is 1. The van der Waals surface area contributed by atoms with Crippen LogP contribution in [0.1, 0.15) is 99.1 Å². The second kappa shape index (κ2) is 35.3. The molecule has 0 saturated carbocycles. The number of H-pyrrole nitrogens is 1. The molecule has 2 aromatic carbocycles. The Hall–Kier alpha value is -7.17. The summed E-state index contributed by atoms with van der Waals surface area (Å²) in [5.74, 6) is -10.1. The highest BCUT2D eigenvalue weighted by atomic mass is 32.2. The van der Waals surface area contributed by atoms with E-state index in [4.69, 9.17) is 21.9 Å². The molecular weight excluding hydrogens is 1120 g/mol. The Kier molecular flexibility index (Phi) is 30.0. The fourth-order valence-electron chi connectivity index (χ4n) is 8.92. The van der Waals surface area contributed by atoms with Crippen molar-refractivity contribution in [3.63, 3.8) is 0 Å². The van der Waals surface area contributed by atoms with E-state index in [0.717, 1.165) is 16.5 Å². The third kappa shape index (κ3) is 22.3. The highest BCUT2D eigenvalue weighted by Crippen LogP contribution is 2.20. The van der Waals surface area contributed by atoms with Crippen molar-refractivity contribution in [2.75, 3.05) is 18.6 Å². The van der Waals surface area contributed by atoms with E-state index in [9.17, 15) is 63.3 Å². The fourth-order valence-corrected chi connectivity index (χ4v) is 9.39. The first kappa shape index (κ1) is 72.1. The zero-order valence-electron chi connectivity index (χ0n) is 50.1. The van der Waals surface area contributed by atoms with Crippen LogP contribution in [0.15, 0.2) is 60.8 Å². The second-order valence-corrected chi connectivity index (χ2v) is 23.0. The van der Waals surface area contributed by atoms with E-state index in [1.165, 1.54) is 32.5 Å². The molecule has 0 saturated heterocycles. The number of nitrogens with one attached hydrogen (secondary N) is 9. The molecule has 0 fully saturated rings. The molecular formula is C58H90N12O14S. The number of aromatic nitrogens is 1. The average molecular weight is 1210 g/mol. The van der Waals surface area contributed by atoms with Gasteiger partial charge in [-0.05, 0) is 87.0 Å². The van der Waals surface area contributed by atoms with Gasteiger partial charge in [0, 0.05) is 23.5 Å². The van der Waals surface area contributed by atoms with Crippen LogP contribution in [0.3, 0.4) is 0 Å². The molecule has 472 valence electrons. The highest BCUT2D eigenvalue weighted by Gasteiger charge is 2.39. The molecule has 0 spiro atoms. The monoisotopic (exact) mass is 1210 g/mol. The summed E-state index contributed by atoms with van der Waals surface area (Å²) in [4.78, 5) is 139. The van der Waals surface area contributed by atoms with E-state index >= 15 is 0 Å². The van der Waals surface area contributed by atoms with Crippen LogP contribution in [-0.4, -0.2) is 177 Å². The molecule has 1 heterocycles. The lowest BCUT2D eigenvalue weighted by Gasteiger charge is -2.31. The number of fused-ring (bicyclic) bond motifs is 1. The number of aliphatic hydroxyl groups is 3. The number of hydrogen-bond donors (Lipinski definition) is 15. The van der Waals surface area contributed by atoms with Gasteiger partial charge in [0.2, 0.25) is 53.2 Å². The van der Waals surface area contributed by atoms with E-state index in [2.05, 4.69) is 47.5 Å². The number of aliphatic hydroxyl groups excluding tert-OH is 3. The van der Waals surface area contributed by atoms with Crippen molar-refractivity contribution in [1.29, 1.82) is 0 Å². The molecule has 9 amide bonds. The number of para-hydroxylation sites is 1. The zero-order valence-corrected chi connectivity index (χ0v) is 51.0. The van der Waals surface area contributed by atoms with Crippen molar-refractivity contribution in [1.82, 2.24) is 47.5 Å². The van der Waals surface area contributed by atoms with E-state index in [1.807, 2.05) is 30.5 Å². The minimum absolute atomic E-state index is 0.0168. The van der Waals surface area contributed by atoms with Gasteiger partial charge in [-0.2, -0.15) is 11.8 Å². The Morgan fingerprint density at radius 1 is 0.576 bits per heavy atom. The topological polar surface area (TPSA) is 431 Å². The summed E-state index contributed by atoms with van der Waals surface area (Å²) in [5.41, 5.74) is 20.5. The van der Waals surface area contributed by atoms with Gasteiger partial charge in [0.25, 0.3) is 0 Å². The van der Waals surface area contributed by atoms with Crippen molar-refractivity contribution in [3.8, 4) is 0 Å². The SMILES string of the molecule is CC[C@H](C)[C@H](NC(=O)[C@H](CC(C)C)NC(=O)[C@@H](NC(=O)[C@@H](N)[C@@H](C)OC(=O)[C@H](Cc1ccccc1)NC(=O)[C@@H](N)Cc1c[nH]c2ccccc12)[C@@H](C)O)C(=O)N[C@@H](CO)C(=O)N[C@H](C(=O)N[C@H](C(=O)N[C@@H](CCSC)C(N)=O)[C@@H](C)CC)[C@@H](C)O. The number of rotatable bonds is 36. The standard InChI is InChI=1S/C58H90N12O14S/c1-11-30(5)45(55(80)66-43(28-71)52(77)69-48(33(8)73)57(82)68-46(31(6)12-2)54(79)63-40(49(61)74)22-23-85-10)67-51(76)41(24-29(3)4)64-56(81)47(32(7)72)70-53(78)44(60)34(9)84-58(83)42(25-35-18-14-13-15-19-35)65-50(75)38(59)26-36-27-62-39-21-17-16-20-37(36)39/h13-21,27,29-34,38,40-48,62,71-73H,11-12,22-26,28,59-60H2,1-10H3,(H2,61,74)(H,63,79)(H,64,81)(H,65,75)(H,66,80)(H,67,76)(H,68,82)(H,69,77)(H,70,78)/t30-,31-,32+,33+,34+,38-,40-,41-,42-,43-,44-,45-,46-,47-,48-/m0/s1. The van der Waals surface area contributed by atoms with E-state index in [-0.39, 0.29) is 38.0 Å². The Morgan fingerprint density at radius 2 is 1.05 bits per heavy atom. The predicted octanol–water partition coefficient (Wildman–Crippen LogP) is -1.45. The first-order valence-electron chi connectivity index (χ1n) is 28.6. The molecule has 0 bridgehead atoms. The third-order valence-electron chi connectivity index (χ3n) is 14.6. The van der Waals surface area contributed by atoms with Crippen molar-refractivity contribution in [2.45, 2.75) is 180 Å². The van der Waals surface area contributed by atoms with Gasteiger partial charge in [-0.3, -0.25) is 43.2 Å². The minimum Gasteiger partial charge on any atom is -0.459 e. The van der Waals surface area contributed by atoms with Gasteiger partial charge in [-0.25, -0.2) is 4.79 Å². The Morgan fingerprint density at radius 3 is 1.58 bits per heavy atom. The third-order valence-corrected chi connectivity index (χ3v) is 15.2. The molecule has 0 aliphatic heterocycles. The zero-order chi connectivity index (χ0) is 63.8. The Bertz CT molecular complexity index is 2710. The molecule has 27 heteroatoms. The Labute approximate surface area is 500 Å². The quantitative estimate of drug-likeness (QED) is 0.0296. The average Bonchev–Trinajstić information content (AvgIpc) is 3.84. The van der Waals surface area contributed by atoms with E-state index < -0.39 is 156 Å². The van der Waals surface area contributed by atoms with Crippen LogP contribution in [0.2, 0.25) is 0 Å². The molecule has 18 N–H and O–H groups in total. The molecule has 0 aliphatic rings. The van der Waals surface area contributed by atoms with Crippen molar-refractivity contribution in [2.24, 2.45) is 35.0 Å². The van der Waals surface area contributed by atoms with Crippen LogP contribution < -0.4 is 59.7 Å². The minimum atomic E-state index is -1.76. The van der Waals surface area contributed by atoms with Crippen LogP contribution in [0, 0.1) is 17.8 Å². The van der Waals surface area contributed by atoms with Gasteiger partial charge >= 0.3 is 5.97 Å². The maximum absolute atomic E-state index is 14.2. The molecule has 3 aromatic rings. The van der Waals surface area contributed by atoms with E-state index in [1.54, 1.807) is 78.1 Å². The van der Waals surface area contributed by atoms with Crippen LogP contribution in [0.4, 0.5) is 0 Å². The number of nitrogens with two attached hydrogens (primary N) is 3. The van der Waals surface area contributed by atoms with Crippen molar-refractivity contribution < 1.29 is 68.0 Å². The van der Waals surface area contributed by atoms with Crippen LogP contribution >= 0.6 is 11.8 Å². The number of carbonyl (C=O) groups excluding carboxylic acids is 10. The molecule has 15 atom stereocenters. The summed E-state index contributed by atoms with van der Waals surface area (Å²) >= 11 is 1.43. The number of primary amides is 1. The first-order valence-corrected chi connectivity index (χ1v) is 30.0. The highest BCUT2D eigenvalue weighted by molar-refractivity contribution is 7.98. The summed E-state index contributed by atoms with van der Waals surface area (Å²) in [6, 6.07) is 1.96. The van der Waals surface area contributed by atoms with Gasteiger partial charge < -0.3 is 84.8 Å². The lowest BCUT2D eigenvalue weighted by molar-refractivity contribution is -0.154. The summed E-state index contributed by atoms with van der Waals surface area (Å²) in [6.45, 7) is 12.9. The largest absolute Gasteiger partial charge is 0.459 e. The molecule has 26 nitrogen and oxygen atoms in total. The number of aromatic amines is 1. The summed E-state index contributed by atoms with van der Waals surface area (Å²) < 4.78 is 5.65. The molecule has 85 heavy (non-hydrogen) atoms. The van der Waals surface area contributed by atoms with E-state index in [0.29, 0.717) is 17.7 Å².